The first-order valence-electron chi connectivity index (χ1n) is 8.63. The van der Waals surface area contributed by atoms with Gasteiger partial charge in [-0.15, -0.1) is 0 Å². The first-order valence-corrected chi connectivity index (χ1v) is 8.63. The van der Waals surface area contributed by atoms with Crippen molar-refractivity contribution in [2.24, 2.45) is 0 Å². The predicted molar refractivity (Wildman–Crippen MR) is 99.6 cm³/mol. The molecule has 7 nitrogen and oxygen atoms in total. The number of nitrogens with one attached hydrogen (secondary N) is 2. The minimum Gasteiger partial charge on any atom is -0.394 e. The zero-order valence-corrected chi connectivity index (χ0v) is 14.6. The van der Waals surface area contributed by atoms with Crippen LogP contribution in [0.2, 0.25) is 0 Å². The highest BCUT2D eigenvalue weighted by atomic mass is 16.3. The van der Waals surface area contributed by atoms with E-state index in [1.54, 1.807) is 6.33 Å². The summed E-state index contributed by atoms with van der Waals surface area (Å²) in [4.78, 5) is 13.6. The average Bonchev–Trinajstić information content (AvgIpc) is 3.08. The summed E-state index contributed by atoms with van der Waals surface area (Å²) in [5.41, 5.74) is 2.70. The molecule has 132 valence electrons. The Hall–Kier alpha value is -2.67. The third-order valence-electron chi connectivity index (χ3n) is 4.15. The fraction of sp³-hybridized carbons (Fsp3) is 0.389. The van der Waals surface area contributed by atoms with Gasteiger partial charge in [0.25, 0.3) is 0 Å². The monoisotopic (exact) mass is 340 g/mol. The molecular weight excluding hydrogens is 316 g/mol. The molecule has 1 atom stereocenters. The van der Waals surface area contributed by atoms with Crippen molar-refractivity contribution in [3.63, 3.8) is 0 Å². The van der Waals surface area contributed by atoms with E-state index in [1.807, 2.05) is 29.7 Å². The lowest BCUT2D eigenvalue weighted by Gasteiger charge is -2.15. The van der Waals surface area contributed by atoms with E-state index in [4.69, 9.17) is 0 Å². The van der Waals surface area contributed by atoms with Crippen LogP contribution in [0.4, 0.5) is 11.8 Å². The first-order chi connectivity index (χ1) is 12.2. The summed E-state index contributed by atoms with van der Waals surface area (Å²) in [6.07, 6.45) is 2.57. The van der Waals surface area contributed by atoms with Crippen molar-refractivity contribution in [1.29, 1.82) is 0 Å². The van der Waals surface area contributed by atoms with Crippen molar-refractivity contribution in [2.75, 3.05) is 17.2 Å². The van der Waals surface area contributed by atoms with Crippen molar-refractivity contribution in [3.05, 3.63) is 42.2 Å². The maximum Gasteiger partial charge on any atom is 0.227 e. The Labute approximate surface area is 147 Å². The summed E-state index contributed by atoms with van der Waals surface area (Å²) in [5.74, 6) is 1.19. The minimum atomic E-state index is -0.0718. The van der Waals surface area contributed by atoms with Gasteiger partial charge in [-0.3, -0.25) is 0 Å². The summed E-state index contributed by atoms with van der Waals surface area (Å²) in [7, 11) is 0. The zero-order chi connectivity index (χ0) is 17.6. The van der Waals surface area contributed by atoms with E-state index in [0.717, 1.165) is 24.1 Å². The van der Waals surface area contributed by atoms with E-state index in [1.165, 1.54) is 5.56 Å². The molecule has 1 aromatic carbocycles. The lowest BCUT2D eigenvalue weighted by atomic mass is 10.2. The molecule has 0 radical (unpaired) electrons. The molecule has 7 heteroatoms. The quantitative estimate of drug-likeness (QED) is 0.584. The van der Waals surface area contributed by atoms with Crippen molar-refractivity contribution in [3.8, 4) is 0 Å². The molecule has 2 heterocycles. The number of anilines is 2. The zero-order valence-electron chi connectivity index (χ0n) is 14.6. The van der Waals surface area contributed by atoms with Gasteiger partial charge in [-0.1, -0.05) is 37.3 Å². The second-order valence-electron chi connectivity index (χ2n) is 5.87. The van der Waals surface area contributed by atoms with E-state index in [-0.39, 0.29) is 12.6 Å². The van der Waals surface area contributed by atoms with Crippen LogP contribution >= 0.6 is 0 Å². The third-order valence-corrected chi connectivity index (χ3v) is 4.15. The van der Waals surface area contributed by atoms with Gasteiger partial charge in [-0.05, 0) is 18.9 Å². The van der Waals surface area contributed by atoms with Crippen LogP contribution in [0.3, 0.4) is 0 Å². The molecule has 0 spiro atoms. The number of aryl methyl sites for hydroxylation is 1. The minimum absolute atomic E-state index is 0.0394. The summed E-state index contributed by atoms with van der Waals surface area (Å²) >= 11 is 0. The van der Waals surface area contributed by atoms with Gasteiger partial charge in [0.1, 0.15) is 0 Å². The van der Waals surface area contributed by atoms with Crippen LogP contribution in [0.15, 0.2) is 36.7 Å². The van der Waals surface area contributed by atoms with Crippen LogP contribution in [0, 0.1) is 0 Å². The Morgan fingerprint density at radius 1 is 1.16 bits per heavy atom. The summed E-state index contributed by atoms with van der Waals surface area (Å²) in [6.45, 7) is 5.54. The van der Waals surface area contributed by atoms with E-state index >= 15 is 0 Å². The number of hydrogen-bond acceptors (Lipinski definition) is 6. The number of benzene rings is 1. The number of nitrogens with zero attached hydrogens (tertiary/aromatic N) is 4. The molecule has 3 rings (SSSR count). The van der Waals surface area contributed by atoms with Crippen LogP contribution in [0.1, 0.15) is 25.8 Å². The Morgan fingerprint density at radius 2 is 1.96 bits per heavy atom. The highest BCUT2D eigenvalue weighted by Gasteiger charge is 2.14. The van der Waals surface area contributed by atoms with E-state index < -0.39 is 0 Å². The molecule has 0 bridgehead atoms. The van der Waals surface area contributed by atoms with Crippen molar-refractivity contribution < 1.29 is 5.11 Å². The van der Waals surface area contributed by atoms with E-state index in [0.29, 0.717) is 18.3 Å². The maximum absolute atomic E-state index is 9.43. The summed E-state index contributed by atoms with van der Waals surface area (Å²) in [6, 6.07) is 10.1. The van der Waals surface area contributed by atoms with Crippen LogP contribution in [-0.4, -0.2) is 37.3 Å². The second kappa shape index (κ2) is 7.94. The highest BCUT2D eigenvalue weighted by Crippen LogP contribution is 2.22. The molecular formula is C18H24N6O. The highest BCUT2D eigenvalue weighted by molar-refractivity contribution is 5.84. The molecule has 1 unspecified atom stereocenters. The number of aliphatic hydroxyl groups excluding tert-OH is 1. The SMILES string of the molecule is CCC(CO)Nc1nc(NCc2ccccc2)c2ncn(CC)c2n1. The maximum atomic E-state index is 9.43. The summed E-state index contributed by atoms with van der Waals surface area (Å²) < 4.78 is 1.98. The van der Waals surface area contributed by atoms with Crippen molar-refractivity contribution in [2.45, 2.75) is 39.4 Å². The number of fused-ring (bicyclic) bond motifs is 1. The van der Waals surface area contributed by atoms with Crippen molar-refractivity contribution in [1.82, 2.24) is 19.5 Å². The first kappa shape index (κ1) is 17.2. The second-order valence-corrected chi connectivity index (χ2v) is 5.87. The Balaban J connectivity index is 1.92. The van der Waals surface area contributed by atoms with Crippen LogP contribution in [-0.2, 0) is 13.1 Å². The summed E-state index contributed by atoms with van der Waals surface area (Å²) in [5, 5.41) is 16.0. The number of aromatic nitrogens is 4. The lowest BCUT2D eigenvalue weighted by molar-refractivity contribution is 0.271. The standard InChI is InChI=1S/C18H24N6O/c1-3-14(11-25)21-18-22-16(19-10-13-8-6-5-7-9-13)15-17(23-18)24(4-2)12-20-15/h5-9,12,14,25H,3-4,10-11H2,1-2H3,(H2,19,21,22,23). The van der Waals surface area contributed by atoms with Crippen LogP contribution < -0.4 is 10.6 Å². The molecule has 0 saturated heterocycles. The smallest absolute Gasteiger partial charge is 0.227 e. The van der Waals surface area contributed by atoms with Gasteiger partial charge in [-0.25, -0.2) is 4.98 Å². The molecule has 0 aliphatic carbocycles. The molecule has 25 heavy (non-hydrogen) atoms. The Kier molecular flexibility index (Phi) is 5.45. The van der Waals surface area contributed by atoms with Gasteiger partial charge in [0, 0.05) is 13.1 Å². The largest absolute Gasteiger partial charge is 0.394 e. The molecule has 0 aliphatic rings. The van der Waals surface area contributed by atoms with Crippen LogP contribution in [0.5, 0.6) is 0 Å². The van der Waals surface area contributed by atoms with E-state index in [2.05, 4.69) is 44.6 Å². The fourth-order valence-corrected chi connectivity index (χ4v) is 2.60. The number of imidazole rings is 1. The van der Waals surface area contributed by atoms with Gasteiger partial charge < -0.3 is 20.3 Å². The fourth-order valence-electron chi connectivity index (χ4n) is 2.60. The molecule has 2 aromatic heterocycles. The number of hydrogen-bond donors (Lipinski definition) is 3. The predicted octanol–water partition coefficient (Wildman–Crippen LogP) is 2.64. The van der Waals surface area contributed by atoms with Gasteiger partial charge >= 0.3 is 0 Å². The number of rotatable bonds is 8. The van der Waals surface area contributed by atoms with Crippen LogP contribution in [0.25, 0.3) is 11.2 Å². The van der Waals surface area contributed by atoms with Gasteiger partial charge in [0.2, 0.25) is 5.95 Å². The average molecular weight is 340 g/mol. The molecule has 0 fully saturated rings. The van der Waals surface area contributed by atoms with Crippen molar-refractivity contribution >= 4 is 22.9 Å². The molecule has 3 aromatic rings. The topological polar surface area (TPSA) is 87.9 Å². The number of aliphatic hydroxyl groups is 1. The lowest BCUT2D eigenvalue weighted by Crippen LogP contribution is -2.24. The van der Waals surface area contributed by atoms with Gasteiger partial charge in [0.05, 0.1) is 19.0 Å². The molecule has 0 aliphatic heterocycles. The van der Waals surface area contributed by atoms with Gasteiger partial charge in [0.15, 0.2) is 17.0 Å². The molecule has 3 N–H and O–H groups in total. The molecule has 0 saturated carbocycles. The Bertz CT molecular complexity index is 813. The third kappa shape index (κ3) is 3.88. The normalized spacial score (nSPS) is 12.3. The Morgan fingerprint density at radius 3 is 2.64 bits per heavy atom. The van der Waals surface area contributed by atoms with Gasteiger partial charge in [-0.2, -0.15) is 9.97 Å². The molecule has 0 amide bonds. The van der Waals surface area contributed by atoms with E-state index in [9.17, 15) is 5.11 Å².